The normalized spacial score (nSPS) is 7.40. The average Bonchev–Trinajstić information content (AvgIpc) is 1.91. The maximum Gasteiger partial charge on any atom is 0.130 e. The third-order valence-electron chi connectivity index (χ3n) is 0.642. The van der Waals surface area contributed by atoms with Gasteiger partial charge in [-0.2, -0.15) is 5.26 Å². The van der Waals surface area contributed by atoms with Crippen molar-refractivity contribution in [3.63, 3.8) is 0 Å². The second-order valence-corrected chi connectivity index (χ2v) is 1.63. The number of nitrogens with zero attached hydrogens (tertiary/aromatic N) is 1. The van der Waals surface area contributed by atoms with Crippen LogP contribution in [0.1, 0.15) is 0 Å². The molecular weight excluding hydrogens is 148 g/mol. The van der Waals surface area contributed by atoms with Gasteiger partial charge >= 0.3 is 0 Å². The highest BCUT2D eigenvalue weighted by Crippen LogP contribution is 1.49. The van der Waals surface area contributed by atoms with Gasteiger partial charge in [-0.25, -0.2) is 0 Å². The van der Waals surface area contributed by atoms with Gasteiger partial charge in [0.25, 0.3) is 0 Å². The number of nitriles is 1. The number of hydrogen-bond acceptors (Lipinski definition) is 5. The van der Waals surface area contributed by atoms with E-state index < -0.39 is 0 Å². The van der Waals surface area contributed by atoms with Crippen LogP contribution in [0.5, 0.6) is 0 Å². The summed E-state index contributed by atoms with van der Waals surface area (Å²) in [4.78, 5) is 0. The highest BCUT2D eigenvalue weighted by Gasteiger charge is 1.76. The summed E-state index contributed by atoms with van der Waals surface area (Å²) in [5.74, 6) is 0. The maximum absolute atomic E-state index is 7.18. The van der Waals surface area contributed by atoms with E-state index in [1.807, 2.05) is 0 Å². The predicted molar refractivity (Wildman–Crippen MR) is 45.6 cm³/mol. The minimum atomic E-state index is 0.694. The van der Waals surface area contributed by atoms with Crippen LogP contribution in [-0.4, -0.2) is 26.2 Å². The summed E-state index contributed by atoms with van der Waals surface area (Å²) in [6.45, 7) is 3.13. The molecule has 0 heterocycles. The molecule has 0 bridgehead atoms. The zero-order valence-electron chi connectivity index (χ0n) is 5.88. The molecule has 4 nitrogen and oxygen atoms in total. The molecule has 0 radical (unpaired) electrons. The molecule has 10 heavy (non-hydrogen) atoms. The van der Waals surface area contributed by atoms with Crippen molar-refractivity contribution in [3.8, 4) is 5.40 Å². The van der Waals surface area contributed by atoms with Crippen molar-refractivity contribution in [3.05, 3.63) is 0 Å². The SMILES string of the molecule is N#CS.NCCNCCN. The van der Waals surface area contributed by atoms with Crippen LogP contribution in [0.25, 0.3) is 0 Å². The van der Waals surface area contributed by atoms with Gasteiger partial charge in [-0.05, 0) is 0 Å². The van der Waals surface area contributed by atoms with Crippen molar-refractivity contribution in [2.75, 3.05) is 26.2 Å². The fourth-order valence-electron chi connectivity index (χ4n) is 0.329. The Kier molecular flexibility index (Phi) is 19.7. The van der Waals surface area contributed by atoms with E-state index in [0.717, 1.165) is 13.1 Å². The Hall–Kier alpha value is -0.280. The van der Waals surface area contributed by atoms with E-state index in [1.165, 1.54) is 5.40 Å². The summed E-state index contributed by atoms with van der Waals surface area (Å²) in [7, 11) is 0. The number of thiocyanates is 1. The summed E-state index contributed by atoms with van der Waals surface area (Å²) in [6, 6.07) is 0. The first-order chi connectivity index (χ1) is 4.83. The standard InChI is InChI=1S/C4H13N3.CHNS/c5-1-3-7-4-2-6;2-1-3/h7H,1-6H2;3H. The maximum atomic E-state index is 7.18. The van der Waals surface area contributed by atoms with E-state index in [-0.39, 0.29) is 0 Å². The Morgan fingerprint density at radius 3 is 1.80 bits per heavy atom. The number of hydrogen-bond donors (Lipinski definition) is 4. The summed E-state index contributed by atoms with van der Waals surface area (Å²) in [5, 5.41) is 11.7. The molecule has 0 atom stereocenters. The summed E-state index contributed by atoms with van der Waals surface area (Å²) < 4.78 is 0. The minimum Gasteiger partial charge on any atom is -0.329 e. The predicted octanol–water partition coefficient (Wildman–Crippen LogP) is -1.11. The molecule has 0 saturated heterocycles. The average molecular weight is 162 g/mol. The van der Waals surface area contributed by atoms with Gasteiger partial charge in [0.05, 0.1) is 0 Å². The van der Waals surface area contributed by atoms with Crippen LogP contribution in [0.15, 0.2) is 0 Å². The van der Waals surface area contributed by atoms with Crippen LogP contribution in [0.2, 0.25) is 0 Å². The third kappa shape index (κ3) is 25.2. The first-order valence-corrected chi connectivity index (χ1v) is 3.42. The highest BCUT2D eigenvalue weighted by molar-refractivity contribution is 7.85. The van der Waals surface area contributed by atoms with Gasteiger partial charge in [-0.15, -0.1) is 0 Å². The van der Waals surface area contributed by atoms with Gasteiger partial charge in [0.2, 0.25) is 0 Å². The molecule has 0 aromatic carbocycles. The number of thiol groups is 1. The Balaban J connectivity index is 0. The minimum absolute atomic E-state index is 0.694. The van der Waals surface area contributed by atoms with Gasteiger partial charge in [0.15, 0.2) is 0 Å². The van der Waals surface area contributed by atoms with E-state index >= 15 is 0 Å². The lowest BCUT2D eigenvalue weighted by Crippen LogP contribution is -2.27. The molecule has 5 heteroatoms. The molecule has 0 aliphatic heterocycles. The monoisotopic (exact) mass is 162 g/mol. The lowest BCUT2D eigenvalue weighted by Gasteiger charge is -1.95. The lowest BCUT2D eigenvalue weighted by molar-refractivity contribution is 0.696. The van der Waals surface area contributed by atoms with E-state index in [9.17, 15) is 0 Å². The molecule has 5 N–H and O–H groups in total. The molecule has 0 fully saturated rings. The second-order valence-electron chi connectivity index (χ2n) is 1.43. The Bertz CT molecular complexity index is 76.2. The zero-order valence-corrected chi connectivity index (χ0v) is 6.77. The van der Waals surface area contributed by atoms with Crippen molar-refractivity contribution >= 4 is 12.6 Å². The van der Waals surface area contributed by atoms with Gasteiger partial charge in [-0.3, -0.25) is 0 Å². The third-order valence-corrected chi connectivity index (χ3v) is 0.642. The van der Waals surface area contributed by atoms with E-state index in [4.69, 9.17) is 16.7 Å². The fraction of sp³-hybridized carbons (Fsp3) is 0.800. The zero-order chi connectivity index (χ0) is 8.24. The van der Waals surface area contributed by atoms with Gasteiger partial charge in [0.1, 0.15) is 5.40 Å². The molecule has 0 amide bonds. The van der Waals surface area contributed by atoms with Crippen LogP contribution in [0.3, 0.4) is 0 Å². The molecule has 0 spiro atoms. The number of nitrogens with one attached hydrogen (secondary N) is 1. The second kappa shape index (κ2) is 15.9. The lowest BCUT2D eigenvalue weighted by atomic mass is 10.6. The molecule has 0 aliphatic rings. The van der Waals surface area contributed by atoms with Crippen LogP contribution in [-0.2, 0) is 0 Å². The molecular formula is C5H14N4S. The Labute approximate surface area is 67.0 Å². The largest absolute Gasteiger partial charge is 0.329 e. The Morgan fingerprint density at radius 1 is 1.30 bits per heavy atom. The first-order valence-electron chi connectivity index (χ1n) is 2.97. The van der Waals surface area contributed by atoms with E-state index in [0.29, 0.717) is 13.1 Å². The molecule has 0 aromatic rings. The highest BCUT2D eigenvalue weighted by atomic mass is 32.1. The molecule has 0 aromatic heterocycles. The van der Waals surface area contributed by atoms with Crippen molar-refractivity contribution in [2.45, 2.75) is 0 Å². The number of rotatable bonds is 4. The van der Waals surface area contributed by atoms with Gasteiger partial charge < -0.3 is 16.8 Å². The van der Waals surface area contributed by atoms with Crippen LogP contribution in [0.4, 0.5) is 0 Å². The smallest absolute Gasteiger partial charge is 0.130 e. The van der Waals surface area contributed by atoms with Crippen molar-refractivity contribution in [1.82, 2.24) is 5.32 Å². The molecule has 0 aliphatic carbocycles. The summed E-state index contributed by atoms with van der Waals surface area (Å²) in [5.41, 5.74) is 10.3. The Morgan fingerprint density at radius 2 is 1.60 bits per heavy atom. The van der Waals surface area contributed by atoms with Crippen LogP contribution >= 0.6 is 12.6 Å². The molecule has 0 rings (SSSR count). The fourth-order valence-corrected chi connectivity index (χ4v) is 0.329. The summed E-state index contributed by atoms with van der Waals surface area (Å²) in [6.07, 6.45) is 0. The molecule has 0 saturated carbocycles. The van der Waals surface area contributed by atoms with Crippen LogP contribution < -0.4 is 16.8 Å². The van der Waals surface area contributed by atoms with Crippen LogP contribution in [0, 0.1) is 10.7 Å². The molecule has 60 valence electrons. The van der Waals surface area contributed by atoms with Gasteiger partial charge in [-0.1, -0.05) is 12.6 Å². The first kappa shape index (κ1) is 12.4. The van der Waals surface area contributed by atoms with Crippen molar-refractivity contribution < 1.29 is 0 Å². The number of nitrogens with two attached hydrogens (primary N) is 2. The van der Waals surface area contributed by atoms with E-state index in [2.05, 4.69) is 17.9 Å². The summed E-state index contributed by atoms with van der Waals surface area (Å²) >= 11 is 3.09. The quantitative estimate of drug-likeness (QED) is 0.240. The van der Waals surface area contributed by atoms with Crippen molar-refractivity contribution in [1.29, 1.82) is 5.26 Å². The van der Waals surface area contributed by atoms with Crippen molar-refractivity contribution in [2.24, 2.45) is 11.5 Å². The topological polar surface area (TPSA) is 87.9 Å². The molecule has 0 unspecified atom stereocenters. The van der Waals surface area contributed by atoms with E-state index in [1.54, 1.807) is 0 Å². The van der Waals surface area contributed by atoms with Gasteiger partial charge in [0, 0.05) is 26.2 Å².